The van der Waals surface area contributed by atoms with Gasteiger partial charge in [0, 0.05) is 12.5 Å². The van der Waals surface area contributed by atoms with E-state index in [4.69, 9.17) is 9.47 Å². The summed E-state index contributed by atoms with van der Waals surface area (Å²) in [6, 6.07) is 4.07. The standard InChI is InChI=1S/C13H13NO6S/c1-7-5-10(13(16)19-7)20-12(15)8-3-4-11(21-2)9(6-8)14(17)18/h3-4,6-7,10H,5H2,1-2H3/t7-,10+/m1/s1. The van der Waals surface area contributed by atoms with Crippen LogP contribution in [0.25, 0.3) is 0 Å². The van der Waals surface area contributed by atoms with Crippen molar-refractivity contribution >= 4 is 29.4 Å². The lowest BCUT2D eigenvalue weighted by atomic mass is 10.2. The number of cyclic esters (lactones) is 1. The van der Waals surface area contributed by atoms with Crippen molar-refractivity contribution in [2.45, 2.75) is 30.4 Å². The highest BCUT2D eigenvalue weighted by Crippen LogP contribution is 2.29. The van der Waals surface area contributed by atoms with Crippen LogP contribution in [-0.4, -0.2) is 35.3 Å². The molecule has 0 aromatic heterocycles. The zero-order valence-electron chi connectivity index (χ0n) is 11.4. The lowest BCUT2D eigenvalue weighted by Crippen LogP contribution is -2.22. The second kappa shape index (κ2) is 6.13. The molecule has 112 valence electrons. The lowest BCUT2D eigenvalue weighted by Gasteiger charge is -2.08. The number of ether oxygens (including phenoxy) is 2. The summed E-state index contributed by atoms with van der Waals surface area (Å²) in [4.78, 5) is 34.2. The van der Waals surface area contributed by atoms with Crippen LogP contribution in [0.5, 0.6) is 0 Å². The minimum absolute atomic E-state index is 0.0341. The third-order valence-electron chi connectivity index (χ3n) is 2.99. The van der Waals surface area contributed by atoms with E-state index in [1.807, 2.05) is 0 Å². The third kappa shape index (κ3) is 3.33. The van der Waals surface area contributed by atoms with Crippen molar-refractivity contribution in [3.05, 3.63) is 33.9 Å². The van der Waals surface area contributed by atoms with E-state index in [2.05, 4.69) is 0 Å². The van der Waals surface area contributed by atoms with Crippen LogP contribution in [0.3, 0.4) is 0 Å². The topological polar surface area (TPSA) is 95.7 Å². The Morgan fingerprint density at radius 3 is 2.76 bits per heavy atom. The second-order valence-electron chi connectivity index (χ2n) is 4.52. The van der Waals surface area contributed by atoms with Crippen LogP contribution in [0.15, 0.2) is 23.1 Å². The molecule has 2 atom stereocenters. The number of nitrogens with zero attached hydrogens (tertiary/aromatic N) is 1. The Hall–Kier alpha value is -2.09. The van der Waals surface area contributed by atoms with Crippen molar-refractivity contribution in [1.29, 1.82) is 0 Å². The number of nitro groups is 1. The number of carbonyl (C=O) groups is 2. The largest absolute Gasteiger partial charge is 0.460 e. The predicted molar refractivity (Wildman–Crippen MR) is 74.3 cm³/mol. The molecular weight excluding hydrogens is 298 g/mol. The summed E-state index contributed by atoms with van der Waals surface area (Å²) in [6.45, 7) is 1.70. The maximum Gasteiger partial charge on any atom is 0.347 e. The molecule has 7 nitrogen and oxygen atoms in total. The molecule has 0 bridgehead atoms. The molecule has 0 amide bonds. The molecule has 1 aliphatic rings. The first kappa shape index (κ1) is 15.3. The molecule has 21 heavy (non-hydrogen) atoms. The van der Waals surface area contributed by atoms with Crippen molar-refractivity contribution in [1.82, 2.24) is 0 Å². The summed E-state index contributed by atoms with van der Waals surface area (Å²) >= 11 is 1.21. The minimum atomic E-state index is -0.952. The molecule has 0 unspecified atom stereocenters. The summed E-state index contributed by atoms with van der Waals surface area (Å²) in [7, 11) is 0. The Balaban J connectivity index is 2.18. The predicted octanol–water partition coefficient (Wildman–Crippen LogP) is 2.18. The first-order chi connectivity index (χ1) is 9.92. The molecule has 8 heteroatoms. The van der Waals surface area contributed by atoms with Crippen molar-refractivity contribution in [3.8, 4) is 0 Å². The highest BCUT2D eigenvalue weighted by molar-refractivity contribution is 7.98. The average molecular weight is 311 g/mol. The van der Waals surface area contributed by atoms with Crippen LogP contribution in [0, 0.1) is 10.1 Å². The van der Waals surface area contributed by atoms with Crippen LogP contribution in [0.2, 0.25) is 0 Å². The van der Waals surface area contributed by atoms with Crippen LogP contribution < -0.4 is 0 Å². The van der Waals surface area contributed by atoms with Gasteiger partial charge < -0.3 is 9.47 Å². The molecule has 2 rings (SSSR count). The number of nitro benzene ring substituents is 1. The van der Waals surface area contributed by atoms with Crippen molar-refractivity contribution in [2.75, 3.05) is 6.26 Å². The summed E-state index contributed by atoms with van der Waals surface area (Å²) < 4.78 is 9.93. The smallest absolute Gasteiger partial charge is 0.347 e. The van der Waals surface area contributed by atoms with Gasteiger partial charge in [0.1, 0.15) is 6.10 Å². The average Bonchev–Trinajstić information content (AvgIpc) is 2.75. The van der Waals surface area contributed by atoms with Gasteiger partial charge in [-0.25, -0.2) is 9.59 Å². The van der Waals surface area contributed by atoms with Gasteiger partial charge in [0.25, 0.3) is 5.69 Å². The second-order valence-corrected chi connectivity index (χ2v) is 5.37. The quantitative estimate of drug-likeness (QED) is 0.364. The maximum absolute atomic E-state index is 12.0. The zero-order chi connectivity index (χ0) is 15.6. The third-order valence-corrected chi connectivity index (χ3v) is 3.77. The fourth-order valence-electron chi connectivity index (χ4n) is 1.97. The van der Waals surface area contributed by atoms with Crippen LogP contribution in [0.4, 0.5) is 5.69 Å². The number of esters is 2. The summed E-state index contributed by atoms with van der Waals surface area (Å²) in [5, 5.41) is 11.0. The van der Waals surface area contributed by atoms with Gasteiger partial charge in [0.05, 0.1) is 15.4 Å². The lowest BCUT2D eigenvalue weighted by molar-refractivity contribution is -0.387. The molecule has 0 radical (unpaired) electrons. The van der Waals surface area contributed by atoms with Gasteiger partial charge in [-0.3, -0.25) is 10.1 Å². The van der Waals surface area contributed by atoms with Crippen molar-refractivity contribution in [2.24, 2.45) is 0 Å². The normalized spacial score (nSPS) is 21.0. The molecule has 0 N–H and O–H groups in total. The van der Waals surface area contributed by atoms with Gasteiger partial charge in [0.2, 0.25) is 6.10 Å². The van der Waals surface area contributed by atoms with E-state index in [0.29, 0.717) is 4.90 Å². The van der Waals surface area contributed by atoms with Gasteiger partial charge >= 0.3 is 11.9 Å². The van der Waals surface area contributed by atoms with E-state index >= 15 is 0 Å². The van der Waals surface area contributed by atoms with E-state index in [0.717, 1.165) is 6.07 Å². The monoisotopic (exact) mass is 311 g/mol. The fourth-order valence-corrected chi connectivity index (χ4v) is 2.52. The SMILES string of the molecule is CSc1ccc(C(=O)O[C@H]2C[C@@H](C)OC2=O)cc1[N+](=O)[O-]. The number of hydrogen-bond donors (Lipinski definition) is 0. The fraction of sp³-hybridized carbons (Fsp3) is 0.385. The van der Waals surface area contributed by atoms with Crippen LogP contribution in [-0.2, 0) is 14.3 Å². The molecule has 0 aliphatic carbocycles. The Morgan fingerprint density at radius 1 is 1.52 bits per heavy atom. The number of rotatable bonds is 4. The van der Waals surface area contributed by atoms with Gasteiger partial charge in [-0.2, -0.15) is 0 Å². The Kier molecular flexibility index (Phi) is 4.46. The molecule has 1 saturated heterocycles. The Morgan fingerprint density at radius 2 is 2.24 bits per heavy atom. The number of carbonyl (C=O) groups excluding carboxylic acids is 2. The molecule has 1 heterocycles. The Labute approximate surface area is 124 Å². The Bertz CT molecular complexity index is 602. The number of benzene rings is 1. The molecule has 1 aliphatic heterocycles. The van der Waals surface area contributed by atoms with Crippen molar-refractivity contribution < 1.29 is 24.0 Å². The van der Waals surface area contributed by atoms with Gasteiger partial charge in [0.15, 0.2) is 0 Å². The zero-order valence-corrected chi connectivity index (χ0v) is 12.2. The van der Waals surface area contributed by atoms with Gasteiger partial charge in [-0.1, -0.05) is 0 Å². The highest BCUT2D eigenvalue weighted by atomic mass is 32.2. The van der Waals surface area contributed by atoms with Crippen LogP contribution in [0.1, 0.15) is 23.7 Å². The summed E-state index contributed by atoms with van der Waals surface area (Å²) in [5.74, 6) is -1.37. The van der Waals surface area contributed by atoms with E-state index < -0.39 is 23.0 Å². The van der Waals surface area contributed by atoms with E-state index in [1.165, 1.54) is 23.9 Å². The van der Waals surface area contributed by atoms with Crippen LogP contribution >= 0.6 is 11.8 Å². The molecule has 1 aromatic carbocycles. The van der Waals surface area contributed by atoms with E-state index in [9.17, 15) is 19.7 Å². The molecular formula is C13H13NO6S. The van der Waals surface area contributed by atoms with E-state index in [1.54, 1.807) is 13.2 Å². The molecule has 0 spiro atoms. The minimum Gasteiger partial charge on any atom is -0.460 e. The number of thioether (sulfide) groups is 1. The summed E-state index contributed by atoms with van der Waals surface area (Å²) in [6.07, 6.45) is 0.738. The first-order valence-corrected chi connectivity index (χ1v) is 7.38. The molecule has 1 fully saturated rings. The summed E-state index contributed by atoms with van der Waals surface area (Å²) in [5.41, 5.74) is -0.133. The van der Waals surface area contributed by atoms with Crippen molar-refractivity contribution in [3.63, 3.8) is 0 Å². The highest BCUT2D eigenvalue weighted by Gasteiger charge is 2.35. The first-order valence-electron chi connectivity index (χ1n) is 6.16. The van der Waals surface area contributed by atoms with E-state index in [-0.39, 0.29) is 23.8 Å². The number of hydrogen-bond acceptors (Lipinski definition) is 7. The maximum atomic E-state index is 12.0. The van der Waals surface area contributed by atoms with Gasteiger partial charge in [-0.15, -0.1) is 11.8 Å². The molecule has 0 saturated carbocycles. The van der Waals surface area contributed by atoms with Gasteiger partial charge in [-0.05, 0) is 25.3 Å². The molecule has 1 aromatic rings.